The summed E-state index contributed by atoms with van der Waals surface area (Å²) >= 11 is 0. The van der Waals surface area contributed by atoms with Gasteiger partial charge in [-0.05, 0) is 9.86 Å². The maximum Gasteiger partial charge on any atom is 0.352 e. The van der Waals surface area contributed by atoms with E-state index in [1.54, 1.807) is 0 Å². The molecule has 0 amide bonds. The van der Waals surface area contributed by atoms with Crippen molar-refractivity contribution in [3.05, 3.63) is 4.91 Å². The lowest BCUT2D eigenvalue weighted by Crippen LogP contribution is -2.10. The van der Waals surface area contributed by atoms with E-state index in [1.165, 1.54) is 6.21 Å². The van der Waals surface area contributed by atoms with Gasteiger partial charge in [-0.2, -0.15) is 0 Å². The van der Waals surface area contributed by atoms with Crippen LogP contribution in [0.25, 0.3) is 0 Å². The Labute approximate surface area is 40.1 Å². The van der Waals surface area contributed by atoms with Crippen LogP contribution in [0.2, 0.25) is 0 Å². The average molecular weight is 98.1 g/mol. The van der Waals surface area contributed by atoms with Crippen molar-refractivity contribution in [3.63, 3.8) is 0 Å². The Hall–Kier alpha value is -1.06. The third-order valence-electron chi connectivity index (χ3n) is 0.590. The summed E-state index contributed by atoms with van der Waals surface area (Å²) in [5, 5.41) is 6.75. The van der Waals surface area contributed by atoms with Crippen LogP contribution in [-0.2, 0) is 0 Å². The first-order chi connectivity index (χ1) is 3.39. The topological polar surface area (TPSA) is 44.8 Å². The molecule has 0 fully saturated rings. The normalized spacial score (nSPS) is 18.0. The van der Waals surface area contributed by atoms with Crippen LogP contribution in [0.4, 0.5) is 0 Å². The van der Waals surface area contributed by atoms with Crippen molar-refractivity contribution in [1.29, 1.82) is 0 Å². The van der Waals surface area contributed by atoms with E-state index in [2.05, 4.69) is 10.2 Å². The van der Waals surface area contributed by atoms with Gasteiger partial charge >= 0.3 is 6.34 Å². The van der Waals surface area contributed by atoms with Crippen LogP contribution < -0.4 is 0 Å². The molecule has 0 saturated heterocycles. The van der Waals surface area contributed by atoms with Crippen molar-refractivity contribution in [2.45, 2.75) is 0 Å². The van der Waals surface area contributed by atoms with Crippen LogP contribution in [-0.4, -0.2) is 23.9 Å². The van der Waals surface area contributed by atoms with Crippen molar-refractivity contribution in [1.82, 2.24) is 0 Å². The smallest absolute Gasteiger partial charge is 0.0652 e. The van der Waals surface area contributed by atoms with Gasteiger partial charge in [-0.3, -0.25) is 0 Å². The number of hydrogen-bond acceptors (Lipinski definition) is 3. The summed E-state index contributed by atoms with van der Waals surface area (Å²) in [6.07, 6.45) is 2.59. The maximum atomic E-state index is 10.1. The Bertz CT molecular complexity index is 137. The highest BCUT2D eigenvalue weighted by Crippen LogP contribution is 1.75. The van der Waals surface area contributed by atoms with E-state index in [4.69, 9.17) is 0 Å². The predicted molar refractivity (Wildman–Crippen MR) is 25.5 cm³/mol. The second kappa shape index (κ2) is 1.59. The van der Waals surface area contributed by atoms with E-state index < -0.39 is 0 Å². The van der Waals surface area contributed by atoms with E-state index in [-0.39, 0.29) is 0 Å². The third-order valence-corrected chi connectivity index (χ3v) is 0.590. The molecule has 0 aromatic carbocycles. The van der Waals surface area contributed by atoms with Gasteiger partial charge in [0.15, 0.2) is 6.54 Å². The zero-order chi connectivity index (χ0) is 5.11. The molecule has 0 aromatic heterocycles. The summed E-state index contributed by atoms with van der Waals surface area (Å²) in [4.78, 5) is 10.1. The zero-order valence-electron chi connectivity index (χ0n) is 3.61. The second-order valence-corrected chi connectivity index (χ2v) is 1.13. The molecule has 0 radical (unpaired) electrons. The summed E-state index contributed by atoms with van der Waals surface area (Å²) < 4.78 is 0.701. The number of rotatable bonds is 0. The van der Waals surface area contributed by atoms with Crippen LogP contribution in [0.15, 0.2) is 10.2 Å². The second-order valence-electron chi connectivity index (χ2n) is 1.13. The van der Waals surface area contributed by atoms with Crippen LogP contribution >= 0.6 is 0 Å². The minimum atomic E-state index is 0.323. The van der Waals surface area contributed by atoms with Crippen molar-refractivity contribution in [2.24, 2.45) is 10.2 Å². The fourth-order valence-electron chi connectivity index (χ4n) is 0.299. The van der Waals surface area contributed by atoms with Gasteiger partial charge in [-0.25, -0.2) is 0 Å². The first-order valence-electron chi connectivity index (χ1n) is 1.88. The summed E-state index contributed by atoms with van der Waals surface area (Å²) in [7, 11) is 0. The van der Waals surface area contributed by atoms with Gasteiger partial charge in [0.05, 0.1) is 11.3 Å². The van der Waals surface area contributed by atoms with Crippen LogP contribution in [0.3, 0.4) is 0 Å². The summed E-state index contributed by atoms with van der Waals surface area (Å²) in [5.74, 6) is 0. The Morgan fingerprint density at radius 1 is 1.57 bits per heavy atom. The van der Waals surface area contributed by atoms with Gasteiger partial charge in [-0.1, -0.05) is 4.91 Å². The van der Waals surface area contributed by atoms with E-state index >= 15 is 0 Å². The summed E-state index contributed by atoms with van der Waals surface area (Å²) in [6, 6.07) is 0. The van der Waals surface area contributed by atoms with Gasteiger partial charge in [0.1, 0.15) is 0 Å². The zero-order valence-corrected chi connectivity index (χ0v) is 3.61. The fourth-order valence-corrected chi connectivity index (χ4v) is 0.299. The molecular formula is C3H4N3O+. The lowest BCUT2D eigenvalue weighted by atomic mass is 10.7. The van der Waals surface area contributed by atoms with Crippen molar-refractivity contribution in [3.8, 4) is 0 Å². The van der Waals surface area contributed by atoms with E-state index in [0.29, 0.717) is 11.3 Å². The average Bonchev–Trinajstić information content (AvgIpc) is 1.69. The molecular weight excluding hydrogens is 94.1 g/mol. The molecule has 1 rings (SSSR count). The van der Waals surface area contributed by atoms with Crippen molar-refractivity contribution < 1.29 is 4.76 Å². The van der Waals surface area contributed by atoms with Crippen LogP contribution in [0.5, 0.6) is 0 Å². The minimum absolute atomic E-state index is 0.323. The molecule has 4 heteroatoms. The fraction of sp³-hybridized carbons (Fsp3) is 0.333. The third kappa shape index (κ3) is 0.887. The molecule has 7 heavy (non-hydrogen) atoms. The molecule has 1 aliphatic rings. The predicted octanol–water partition coefficient (Wildman–Crippen LogP) is -0.207. The van der Waals surface area contributed by atoms with Crippen molar-refractivity contribution in [2.75, 3.05) is 6.54 Å². The lowest BCUT2D eigenvalue weighted by molar-refractivity contribution is -0.403. The van der Waals surface area contributed by atoms with Gasteiger partial charge in [0.25, 0.3) is 0 Å². The number of nitrogens with zero attached hydrogens (tertiary/aromatic N) is 3. The van der Waals surface area contributed by atoms with E-state index in [0.717, 1.165) is 6.34 Å². The first kappa shape index (κ1) is 4.11. The summed E-state index contributed by atoms with van der Waals surface area (Å²) in [5.41, 5.74) is 0. The molecule has 0 N–H and O–H groups in total. The maximum absolute atomic E-state index is 10.1. The largest absolute Gasteiger partial charge is 0.352 e. The summed E-state index contributed by atoms with van der Waals surface area (Å²) in [6.45, 7) is 0.323. The van der Waals surface area contributed by atoms with E-state index in [9.17, 15) is 4.91 Å². The van der Waals surface area contributed by atoms with Gasteiger partial charge in [0, 0.05) is 0 Å². The molecule has 36 valence electrons. The number of hydrogen-bond donors (Lipinski definition) is 0. The molecule has 0 saturated carbocycles. The van der Waals surface area contributed by atoms with Gasteiger partial charge in [-0.15, -0.1) is 0 Å². The Balaban J connectivity index is 2.66. The molecule has 0 aromatic rings. The monoisotopic (exact) mass is 98.0 g/mol. The number of nitroso groups, excluding NO2 is 1. The lowest BCUT2D eigenvalue weighted by Gasteiger charge is -1.80. The molecule has 1 heterocycles. The highest BCUT2D eigenvalue weighted by atomic mass is 16.3. The molecule has 1 aliphatic heterocycles. The molecule has 0 unspecified atom stereocenters. The Kier molecular flexibility index (Phi) is 0.934. The van der Waals surface area contributed by atoms with Crippen LogP contribution in [0.1, 0.15) is 0 Å². The Morgan fingerprint density at radius 2 is 2.43 bits per heavy atom. The highest BCUT2D eigenvalue weighted by molar-refractivity contribution is 5.63. The highest BCUT2D eigenvalue weighted by Gasteiger charge is 2.00. The molecule has 0 spiro atoms. The van der Waals surface area contributed by atoms with Gasteiger partial charge < -0.3 is 0 Å². The standard InChI is InChI=1S/C3H4N3O/c7-6-2-1-4-5-3-6/h1,3H,2H2/q+1. The molecule has 0 aliphatic carbocycles. The SMILES string of the molecule is O=[N+]1C=NN=CC1. The quantitative estimate of drug-likeness (QED) is 0.387. The van der Waals surface area contributed by atoms with E-state index in [1.807, 2.05) is 0 Å². The minimum Gasteiger partial charge on any atom is -0.0652 e. The first-order valence-corrected chi connectivity index (χ1v) is 1.88. The van der Waals surface area contributed by atoms with Crippen molar-refractivity contribution >= 4 is 12.6 Å². The molecule has 4 nitrogen and oxygen atoms in total. The van der Waals surface area contributed by atoms with Gasteiger partial charge in [0.2, 0.25) is 0 Å². The Morgan fingerprint density at radius 3 is 2.71 bits per heavy atom. The molecule has 0 bridgehead atoms. The molecule has 0 atom stereocenters. The van der Waals surface area contributed by atoms with Crippen LogP contribution in [0, 0.1) is 4.91 Å².